The summed E-state index contributed by atoms with van der Waals surface area (Å²) >= 11 is 0. The third-order valence-corrected chi connectivity index (χ3v) is 2.49. The van der Waals surface area contributed by atoms with Crippen LogP contribution < -0.4 is 0 Å². The van der Waals surface area contributed by atoms with Crippen LogP contribution >= 0.6 is 0 Å². The number of hydrogen-bond donors (Lipinski definition) is 0. The van der Waals surface area contributed by atoms with Crippen molar-refractivity contribution in [1.82, 2.24) is 0 Å². The fraction of sp³-hybridized carbons (Fsp3) is 0.412. The number of rotatable bonds is 9. The molecule has 0 amide bonds. The highest BCUT2D eigenvalue weighted by Crippen LogP contribution is 2.25. The van der Waals surface area contributed by atoms with E-state index >= 15 is 0 Å². The second-order valence-corrected chi connectivity index (χ2v) is 4.45. The van der Waals surface area contributed by atoms with E-state index in [0.29, 0.717) is 0 Å². The molecule has 0 saturated heterocycles. The molecule has 0 aromatic rings. The average molecular weight is 348 g/mol. The van der Waals surface area contributed by atoms with Crippen LogP contribution in [0.1, 0.15) is 19.8 Å². The zero-order chi connectivity index (χ0) is 19.3. The summed E-state index contributed by atoms with van der Waals surface area (Å²) in [5.41, 5.74) is -2.32. The molecule has 0 aromatic carbocycles. The van der Waals surface area contributed by atoms with Gasteiger partial charge in [0.15, 0.2) is 19.8 Å². The predicted octanol–water partition coefficient (Wildman–Crippen LogP) is -0.402. The Morgan fingerprint density at radius 2 is 1.20 bits per heavy atom. The van der Waals surface area contributed by atoms with E-state index in [1.54, 1.807) is 0 Å². The molecule has 0 aliphatic carbocycles. The van der Waals surface area contributed by atoms with Gasteiger partial charge >= 0.3 is 23.9 Å². The topological polar surface area (TPSA) is 105 Å². The molecule has 0 spiro atoms. The summed E-state index contributed by atoms with van der Waals surface area (Å²) < 4.78 is 18.9. The molecule has 0 radical (unpaired) electrons. The molecule has 8 heteroatoms. The SMILES string of the molecule is C#CCOC(=O)CC(CC(=O)OCC#C)(OC(C)=O)C(=O)OCC#C. The van der Waals surface area contributed by atoms with Gasteiger partial charge in [0, 0.05) is 6.92 Å². The van der Waals surface area contributed by atoms with Crippen molar-refractivity contribution in [2.24, 2.45) is 0 Å². The van der Waals surface area contributed by atoms with Crippen molar-refractivity contribution in [2.75, 3.05) is 19.8 Å². The summed E-state index contributed by atoms with van der Waals surface area (Å²) in [6.07, 6.45) is 13.3. The zero-order valence-electron chi connectivity index (χ0n) is 13.5. The van der Waals surface area contributed by atoms with Gasteiger partial charge in [0.25, 0.3) is 0 Å². The third-order valence-electron chi connectivity index (χ3n) is 2.49. The Labute approximate surface area is 145 Å². The van der Waals surface area contributed by atoms with Crippen LogP contribution in [-0.4, -0.2) is 49.3 Å². The first kappa shape index (κ1) is 21.6. The molecule has 0 aliphatic rings. The predicted molar refractivity (Wildman–Crippen MR) is 83.1 cm³/mol. The summed E-state index contributed by atoms with van der Waals surface area (Å²) in [6.45, 7) is -0.255. The monoisotopic (exact) mass is 348 g/mol. The van der Waals surface area contributed by atoms with Crippen molar-refractivity contribution in [2.45, 2.75) is 25.4 Å². The van der Waals surface area contributed by atoms with Crippen molar-refractivity contribution in [3.8, 4) is 37.0 Å². The lowest BCUT2D eigenvalue weighted by atomic mass is 9.95. The molecular weight excluding hydrogens is 332 g/mol. The Balaban J connectivity index is 5.59. The van der Waals surface area contributed by atoms with Gasteiger partial charge in [-0.3, -0.25) is 14.4 Å². The standard InChI is InChI=1S/C17H16O8/c1-5-8-22-14(19)11-17(25-13(4)18,16(21)24-10-7-3)12-15(20)23-9-6-2/h1-3H,8-12H2,4H3. The van der Waals surface area contributed by atoms with Gasteiger partial charge in [-0.1, -0.05) is 17.8 Å². The van der Waals surface area contributed by atoms with Gasteiger partial charge in [-0.2, -0.15) is 0 Å². The molecule has 0 atom stereocenters. The van der Waals surface area contributed by atoms with Crippen LogP contribution in [0.3, 0.4) is 0 Å². The van der Waals surface area contributed by atoms with Gasteiger partial charge in [-0.05, 0) is 0 Å². The number of terminal acetylenes is 3. The minimum atomic E-state index is -2.32. The highest BCUT2D eigenvalue weighted by molar-refractivity contribution is 5.92. The molecule has 0 N–H and O–H groups in total. The van der Waals surface area contributed by atoms with Gasteiger partial charge in [0.1, 0.15) is 0 Å². The number of hydrogen-bond acceptors (Lipinski definition) is 8. The Hall–Kier alpha value is -3.44. The highest BCUT2D eigenvalue weighted by Gasteiger charge is 2.48. The number of esters is 4. The van der Waals surface area contributed by atoms with Crippen LogP contribution in [0.25, 0.3) is 0 Å². The smallest absolute Gasteiger partial charge is 0.352 e. The van der Waals surface area contributed by atoms with Gasteiger partial charge < -0.3 is 18.9 Å². The van der Waals surface area contributed by atoms with E-state index in [-0.39, 0.29) is 13.2 Å². The lowest BCUT2D eigenvalue weighted by molar-refractivity contribution is -0.189. The maximum absolute atomic E-state index is 12.3. The molecule has 0 heterocycles. The maximum atomic E-state index is 12.3. The van der Waals surface area contributed by atoms with Crippen molar-refractivity contribution in [3.05, 3.63) is 0 Å². The molecule has 0 unspecified atom stereocenters. The Morgan fingerprint density at radius 1 is 0.800 bits per heavy atom. The summed E-state index contributed by atoms with van der Waals surface area (Å²) in [5.74, 6) is 1.97. The van der Waals surface area contributed by atoms with Gasteiger partial charge in [0.2, 0.25) is 5.60 Å². The van der Waals surface area contributed by atoms with E-state index in [2.05, 4.69) is 21.3 Å². The molecule has 0 rings (SSSR count). The molecule has 0 aliphatic heterocycles. The molecule has 0 fully saturated rings. The molecule has 25 heavy (non-hydrogen) atoms. The van der Waals surface area contributed by atoms with Crippen LogP contribution in [0, 0.1) is 37.0 Å². The molecular formula is C17H16O8. The van der Waals surface area contributed by atoms with Crippen molar-refractivity contribution < 1.29 is 38.1 Å². The van der Waals surface area contributed by atoms with Crippen LogP contribution in [0.5, 0.6) is 0 Å². The largest absolute Gasteiger partial charge is 0.452 e. The number of carbonyl (C=O) groups is 4. The molecule has 8 nitrogen and oxygen atoms in total. The molecule has 0 aromatic heterocycles. The Kier molecular flexibility index (Phi) is 9.62. The summed E-state index contributed by atoms with van der Waals surface area (Å²) in [5, 5.41) is 0. The summed E-state index contributed by atoms with van der Waals surface area (Å²) in [6, 6.07) is 0. The molecule has 0 saturated carbocycles. The number of ether oxygens (including phenoxy) is 4. The number of carbonyl (C=O) groups excluding carboxylic acids is 4. The van der Waals surface area contributed by atoms with Crippen molar-refractivity contribution in [3.63, 3.8) is 0 Å². The highest BCUT2D eigenvalue weighted by atomic mass is 16.6. The minimum Gasteiger partial charge on any atom is -0.452 e. The maximum Gasteiger partial charge on any atom is 0.352 e. The van der Waals surface area contributed by atoms with Gasteiger partial charge in [0.05, 0.1) is 12.8 Å². The van der Waals surface area contributed by atoms with Crippen LogP contribution in [0.4, 0.5) is 0 Å². The van der Waals surface area contributed by atoms with E-state index in [4.69, 9.17) is 28.7 Å². The lowest BCUT2D eigenvalue weighted by Gasteiger charge is -2.28. The van der Waals surface area contributed by atoms with E-state index in [9.17, 15) is 19.2 Å². The Morgan fingerprint density at radius 3 is 1.56 bits per heavy atom. The lowest BCUT2D eigenvalue weighted by Crippen LogP contribution is -2.48. The Bertz CT molecular complexity index is 609. The fourth-order valence-electron chi connectivity index (χ4n) is 1.65. The summed E-state index contributed by atoms with van der Waals surface area (Å²) in [4.78, 5) is 47.3. The first-order chi connectivity index (χ1) is 11.8. The van der Waals surface area contributed by atoms with E-state index in [1.807, 2.05) is 5.92 Å². The average Bonchev–Trinajstić information content (AvgIpc) is 2.54. The fourth-order valence-corrected chi connectivity index (χ4v) is 1.65. The normalized spacial score (nSPS) is 9.52. The molecule has 0 bridgehead atoms. The van der Waals surface area contributed by atoms with E-state index < -0.39 is 48.9 Å². The van der Waals surface area contributed by atoms with Crippen LogP contribution in [0.2, 0.25) is 0 Å². The van der Waals surface area contributed by atoms with Crippen molar-refractivity contribution >= 4 is 23.9 Å². The first-order valence-corrected chi connectivity index (χ1v) is 6.79. The van der Waals surface area contributed by atoms with Gasteiger partial charge in [-0.25, -0.2) is 4.79 Å². The van der Waals surface area contributed by atoms with E-state index in [1.165, 1.54) is 0 Å². The van der Waals surface area contributed by atoms with Gasteiger partial charge in [-0.15, -0.1) is 19.3 Å². The quantitative estimate of drug-likeness (QED) is 0.315. The summed E-state index contributed by atoms with van der Waals surface area (Å²) in [7, 11) is 0. The van der Waals surface area contributed by atoms with Crippen molar-refractivity contribution in [1.29, 1.82) is 0 Å². The first-order valence-electron chi connectivity index (χ1n) is 6.79. The second-order valence-electron chi connectivity index (χ2n) is 4.45. The van der Waals surface area contributed by atoms with E-state index in [0.717, 1.165) is 6.92 Å². The second kappa shape index (κ2) is 11.2. The zero-order valence-corrected chi connectivity index (χ0v) is 13.5. The molecule has 132 valence electrons. The minimum absolute atomic E-state index is 0.379. The third kappa shape index (κ3) is 8.11. The van der Waals surface area contributed by atoms with Crippen LogP contribution in [0.15, 0.2) is 0 Å². The van der Waals surface area contributed by atoms with Crippen LogP contribution in [-0.2, 0) is 38.1 Å².